The highest BCUT2D eigenvalue weighted by Crippen LogP contribution is 2.51. The lowest BCUT2D eigenvalue weighted by molar-refractivity contribution is -0.148. The number of guanidine groups is 1. The quantitative estimate of drug-likeness (QED) is 0.594. The molecule has 3 heterocycles. The lowest BCUT2D eigenvalue weighted by Crippen LogP contribution is -2.67. The minimum Gasteiger partial charge on any atom is -0.508 e. The zero-order valence-electron chi connectivity index (χ0n) is 16.0. The SMILES string of the molecule is CC1(CN2C(=N)N[C@]3(CC2=O)Oc2c(Nc4ccc(O)cc4)cccc23)COC1. The number of carbonyl (C=O) groups excluding carboxylic acids is 1. The van der Waals surface area contributed by atoms with Crippen molar-refractivity contribution in [2.75, 3.05) is 25.1 Å². The number of nitrogens with zero attached hydrogens (tertiary/aromatic N) is 1. The van der Waals surface area contributed by atoms with Crippen LogP contribution in [0.1, 0.15) is 18.9 Å². The third-order valence-corrected chi connectivity index (χ3v) is 5.61. The van der Waals surface area contributed by atoms with Gasteiger partial charge in [0.25, 0.3) is 0 Å². The summed E-state index contributed by atoms with van der Waals surface area (Å²) in [6.07, 6.45) is 0.127. The summed E-state index contributed by atoms with van der Waals surface area (Å²) in [5.41, 5.74) is 1.32. The number of hydrogen-bond acceptors (Lipinski definition) is 6. The fourth-order valence-corrected chi connectivity index (χ4v) is 4.00. The van der Waals surface area contributed by atoms with Crippen LogP contribution in [0.4, 0.5) is 11.4 Å². The number of amides is 1. The van der Waals surface area contributed by atoms with E-state index in [-0.39, 0.29) is 29.5 Å². The smallest absolute Gasteiger partial charge is 0.235 e. The summed E-state index contributed by atoms with van der Waals surface area (Å²) in [5, 5.41) is 24.2. The van der Waals surface area contributed by atoms with E-state index in [1.807, 2.05) is 18.2 Å². The first-order chi connectivity index (χ1) is 13.9. The van der Waals surface area contributed by atoms with E-state index < -0.39 is 5.72 Å². The second-order valence-electron chi connectivity index (χ2n) is 8.22. The molecule has 0 unspecified atom stereocenters. The van der Waals surface area contributed by atoms with E-state index in [2.05, 4.69) is 17.6 Å². The summed E-state index contributed by atoms with van der Waals surface area (Å²) in [6, 6.07) is 12.4. The molecule has 5 rings (SSSR count). The molecule has 2 aromatic rings. The highest BCUT2D eigenvalue weighted by molar-refractivity contribution is 6.00. The number of rotatable bonds is 4. The average Bonchev–Trinajstić information content (AvgIpc) is 2.65. The van der Waals surface area contributed by atoms with Gasteiger partial charge in [0.1, 0.15) is 5.75 Å². The molecule has 4 N–H and O–H groups in total. The fraction of sp³-hybridized carbons (Fsp3) is 0.333. The lowest BCUT2D eigenvalue weighted by Gasteiger charge is -2.51. The van der Waals surface area contributed by atoms with Crippen molar-refractivity contribution in [3.8, 4) is 11.5 Å². The Morgan fingerprint density at radius 1 is 1.24 bits per heavy atom. The van der Waals surface area contributed by atoms with Gasteiger partial charge in [-0.3, -0.25) is 15.1 Å². The molecule has 0 radical (unpaired) electrons. The molecule has 1 spiro atoms. The van der Waals surface area contributed by atoms with Gasteiger partial charge in [0.05, 0.1) is 30.9 Å². The molecule has 3 aliphatic rings. The maximum atomic E-state index is 12.8. The average molecular weight is 394 g/mol. The van der Waals surface area contributed by atoms with Crippen LogP contribution >= 0.6 is 0 Å². The van der Waals surface area contributed by atoms with E-state index in [0.717, 1.165) is 16.9 Å². The van der Waals surface area contributed by atoms with E-state index in [0.29, 0.717) is 25.5 Å². The third-order valence-electron chi connectivity index (χ3n) is 5.61. The number of fused-ring (bicyclic) bond motifs is 2. The van der Waals surface area contributed by atoms with Gasteiger partial charge in [-0.05, 0) is 36.4 Å². The number of para-hydroxylation sites is 1. The van der Waals surface area contributed by atoms with Gasteiger partial charge in [-0.2, -0.15) is 0 Å². The number of aromatic hydroxyl groups is 1. The topological polar surface area (TPSA) is 107 Å². The number of phenols is 1. The van der Waals surface area contributed by atoms with E-state index in [4.69, 9.17) is 14.9 Å². The fourth-order valence-electron chi connectivity index (χ4n) is 4.00. The van der Waals surface area contributed by atoms with Gasteiger partial charge < -0.3 is 25.2 Å². The number of nitrogens with one attached hydrogen (secondary N) is 3. The van der Waals surface area contributed by atoms with Gasteiger partial charge in [-0.25, -0.2) is 0 Å². The van der Waals surface area contributed by atoms with Crippen molar-refractivity contribution in [1.29, 1.82) is 5.41 Å². The van der Waals surface area contributed by atoms with Gasteiger partial charge in [-0.15, -0.1) is 0 Å². The van der Waals surface area contributed by atoms with Crippen molar-refractivity contribution in [1.82, 2.24) is 10.2 Å². The molecule has 3 aliphatic heterocycles. The standard InChI is InChI=1S/C21H22N4O4/c1-20(11-28-12-20)10-25-17(27)9-21(24-19(25)22)15-3-2-4-16(18(15)29-21)23-13-5-7-14(26)8-6-13/h2-8,23,26H,9-12H2,1H3,(H2,22,24)/t21-/m1/s1. The van der Waals surface area contributed by atoms with Crippen LogP contribution in [0.25, 0.3) is 0 Å². The van der Waals surface area contributed by atoms with E-state index in [9.17, 15) is 9.90 Å². The summed E-state index contributed by atoms with van der Waals surface area (Å²) in [6.45, 7) is 3.71. The van der Waals surface area contributed by atoms with Crippen molar-refractivity contribution in [2.45, 2.75) is 19.1 Å². The third kappa shape index (κ3) is 2.87. The van der Waals surface area contributed by atoms with Gasteiger partial charge in [-0.1, -0.05) is 13.0 Å². The minimum atomic E-state index is -0.996. The monoisotopic (exact) mass is 394 g/mol. The summed E-state index contributed by atoms with van der Waals surface area (Å²) in [4.78, 5) is 14.3. The summed E-state index contributed by atoms with van der Waals surface area (Å²) in [5.74, 6) is 0.768. The highest BCUT2D eigenvalue weighted by Gasteiger charge is 2.54. The molecule has 0 aromatic heterocycles. The minimum absolute atomic E-state index is 0.0527. The Balaban J connectivity index is 1.36. The molecule has 0 saturated carbocycles. The first-order valence-corrected chi connectivity index (χ1v) is 9.51. The molecule has 150 valence electrons. The number of carbonyl (C=O) groups is 1. The second-order valence-corrected chi connectivity index (χ2v) is 8.22. The second kappa shape index (κ2) is 6.12. The van der Waals surface area contributed by atoms with Gasteiger partial charge >= 0.3 is 0 Å². The Bertz CT molecular complexity index is 982. The molecular formula is C21H22N4O4. The van der Waals surface area contributed by atoms with Crippen LogP contribution in [0.5, 0.6) is 11.5 Å². The lowest BCUT2D eigenvalue weighted by atomic mass is 9.86. The van der Waals surface area contributed by atoms with Crippen LogP contribution in [0.15, 0.2) is 42.5 Å². The Labute approximate surface area is 167 Å². The first kappa shape index (κ1) is 17.8. The number of benzene rings is 2. The Morgan fingerprint density at radius 2 is 2.00 bits per heavy atom. The van der Waals surface area contributed by atoms with Gasteiger partial charge in [0.15, 0.2) is 5.75 Å². The Hall–Kier alpha value is -3.26. The molecule has 0 aliphatic carbocycles. The molecule has 1 atom stereocenters. The zero-order valence-corrected chi connectivity index (χ0v) is 16.0. The van der Waals surface area contributed by atoms with Crippen molar-refractivity contribution in [2.24, 2.45) is 5.41 Å². The van der Waals surface area contributed by atoms with Crippen molar-refractivity contribution in [3.63, 3.8) is 0 Å². The van der Waals surface area contributed by atoms with Crippen molar-refractivity contribution in [3.05, 3.63) is 48.0 Å². The Morgan fingerprint density at radius 3 is 2.66 bits per heavy atom. The number of ether oxygens (including phenoxy) is 2. The maximum Gasteiger partial charge on any atom is 0.235 e. The van der Waals surface area contributed by atoms with Crippen LogP contribution in [0, 0.1) is 10.8 Å². The number of anilines is 2. The largest absolute Gasteiger partial charge is 0.508 e. The number of hydrogen-bond donors (Lipinski definition) is 4. The highest BCUT2D eigenvalue weighted by atomic mass is 16.5. The van der Waals surface area contributed by atoms with Gasteiger partial charge in [0, 0.05) is 17.6 Å². The van der Waals surface area contributed by atoms with E-state index >= 15 is 0 Å². The molecule has 8 nitrogen and oxygen atoms in total. The molecule has 2 saturated heterocycles. The maximum absolute atomic E-state index is 12.8. The first-order valence-electron chi connectivity index (χ1n) is 9.51. The van der Waals surface area contributed by atoms with Crippen LogP contribution in [-0.2, 0) is 15.3 Å². The number of phenolic OH excluding ortho intramolecular Hbond substituents is 1. The zero-order chi connectivity index (χ0) is 20.2. The van der Waals surface area contributed by atoms with Crippen LogP contribution in [0.3, 0.4) is 0 Å². The summed E-state index contributed by atoms with van der Waals surface area (Å²) >= 11 is 0. The molecule has 2 aromatic carbocycles. The van der Waals surface area contributed by atoms with Gasteiger partial charge in [0.2, 0.25) is 17.6 Å². The van der Waals surface area contributed by atoms with Crippen molar-refractivity contribution >= 4 is 23.2 Å². The van der Waals surface area contributed by atoms with Crippen LogP contribution < -0.4 is 15.4 Å². The molecule has 1 amide bonds. The molecule has 29 heavy (non-hydrogen) atoms. The van der Waals surface area contributed by atoms with Crippen molar-refractivity contribution < 1.29 is 19.4 Å². The molecule has 8 heteroatoms. The molecular weight excluding hydrogens is 372 g/mol. The van der Waals surface area contributed by atoms with Crippen LogP contribution in [0.2, 0.25) is 0 Å². The van der Waals surface area contributed by atoms with E-state index in [1.165, 1.54) is 4.90 Å². The summed E-state index contributed by atoms with van der Waals surface area (Å²) in [7, 11) is 0. The predicted octanol–water partition coefficient (Wildman–Crippen LogP) is 2.47. The molecule has 2 fully saturated rings. The predicted molar refractivity (Wildman–Crippen MR) is 106 cm³/mol. The molecule has 0 bridgehead atoms. The Kier molecular flexibility index (Phi) is 3.76. The van der Waals surface area contributed by atoms with E-state index in [1.54, 1.807) is 24.3 Å². The summed E-state index contributed by atoms with van der Waals surface area (Å²) < 4.78 is 11.3. The van der Waals surface area contributed by atoms with Crippen LogP contribution in [-0.4, -0.2) is 41.6 Å². The normalized spacial score (nSPS) is 24.1.